The number of rotatable bonds is 4. The van der Waals surface area contributed by atoms with E-state index >= 15 is 0 Å². The number of nitrogen functional groups attached to an aromatic ring is 1. The van der Waals surface area contributed by atoms with E-state index in [0.717, 1.165) is 24.2 Å². The highest BCUT2D eigenvalue weighted by molar-refractivity contribution is 5.78. The molecule has 1 aromatic rings. The minimum atomic E-state index is 0.0312. The maximum atomic E-state index is 11.8. The fraction of sp³-hybridized carbons (Fsp3) is 0.462. The zero-order valence-electron chi connectivity index (χ0n) is 10.3. The quantitative estimate of drug-likeness (QED) is 0.805. The molecule has 1 saturated carbocycles. The van der Waals surface area contributed by atoms with Crippen LogP contribution in [0.15, 0.2) is 18.2 Å². The van der Waals surface area contributed by atoms with Crippen molar-refractivity contribution < 1.29 is 9.53 Å². The molecule has 92 valence electrons. The third-order valence-electron chi connectivity index (χ3n) is 3.04. The highest BCUT2D eigenvalue weighted by atomic mass is 16.5. The predicted molar refractivity (Wildman–Crippen MR) is 66.9 cm³/mol. The number of hydrogen-bond donors (Lipinski definition) is 1. The van der Waals surface area contributed by atoms with Gasteiger partial charge in [0.15, 0.2) is 6.61 Å². The number of amides is 1. The molecular weight excluding hydrogens is 216 g/mol. The van der Waals surface area contributed by atoms with Crippen molar-refractivity contribution in [1.29, 1.82) is 0 Å². The first kappa shape index (κ1) is 11.8. The van der Waals surface area contributed by atoms with Crippen LogP contribution in [0.25, 0.3) is 0 Å². The normalized spacial score (nSPS) is 14.5. The zero-order chi connectivity index (χ0) is 12.4. The molecule has 1 aliphatic rings. The van der Waals surface area contributed by atoms with E-state index in [4.69, 9.17) is 10.5 Å². The molecule has 2 N–H and O–H groups in total. The second-order valence-electron chi connectivity index (χ2n) is 4.55. The van der Waals surface area contributed by atoms with Gasteiger partial charge in [-0.2, -0.15) is 0 Å². The topological polar surface area (TPSA) is 55.6 Å². The number of anilines is 1. The minimum Gasteiger partial charge on any atom is -0.483 e. The maximum absolute atomic E-state index is 11.8. The van der Waals surface area contributed by atoms with Gasteiger partial charge in [0.05, 0.1) is 0 Å². The molecule has 0 atom stereocenters. The first-order chi connectivity index (χ1) is 8.08. The summed E-state index contributed by atoms with van der Waals surface area (Å²) in [5.41, 5.74) is 7.30. The lowest BCUT2D eigenvalue weighted by atomic mass is 10.2. The monoisotopic (exact) mass is 234 g/mol. The van der Waals surface area contributed by atoms with Crippen LogP contribution in [-0.2, 0) is 4.79 Å². The lowest BCUT2D eigenvalue weighted by Gasteiger charge is -2.17. The fourth-order valence-electron chi connectivity index (χ4n) is 1.74. The van der Waals surface area contributed by atoms with Crippen LogP contribution in [0.4, 0.5) is 5.69 Å². The largest absolute Gasteiger partial charge is 0.483 e. The molecule has 0 saturated heterocycles. The Morgan fingerprint density at radius 1 is 1.53 bits per heavy atom. The van der Waals surface area contributed by atoms with E-state index in [1.54, 1.807) is 17.0 Å². The number of aryl methyl sites for hydroxylation is 1. The van der Waals surface area contributed by atoms with Crippen LogP contribution in [0.1, 0.15) is 18.4 Å². The summed E-state index contributed by atoms with van der Waals surface area (Å²) < 4.78 is 5.51. The predicted octanol–water partition coefficient (Wildman–Crippen LogP) is 1.58. The summed E-state index contributed by atoms with van der Waals surface area (Å²) in [5.74, 6) is 0.750. The fourth-order valence-corrected chi connectivity index (χ4v) is 1.74. The van der Waals surface area contributed by atoms with Gasteiger partial charge >= 0.3 is 0 Å². The number of nitrogens with two attached hydrogens (primary N) is 1. The Bertz CT molecular complexity index is 427. The second kappa shape index (κ2) is 4.65. The lowest BCUT2D eigenvalue weighted by molar-refractivity contribution is -0.132. The lowest BCUT2D eigenvalue weighted by Crippen LogP contribution is -2.33. The Morgan fingerprint density at radius 2 is 2.24 bits per heavy atom. The van der Waals surface area contributed by atoms with Gasteiger partial charge in [0, 0.05) is 18.8 Å². The van der Waals surface area contributed by atoms with Crippen molar-refractivity contribution in [2.75, 3.05) is 19.4 Å². The Morgan fingerprint density at radius 3 is 2.82 bits per heavy atom. The van der Waals surface area contributed by atoms with E-state index in [2.05, 4.69) is 0 Å². The summed E-state index contributed by atoms with van der Waals surface area (Å²) >= 11 is 0. The number of carbonyl (C=O) groups is 1. The van der Waals surface area contributed by atoms with Gasteiger partial charge < -0.3 is 15.4 Å². The number of likely N-dealkylation sites (N-methyl/N-ethyl adjacent to an activating group) is 1. The van der Waals surface area contributed by atoms with Gasteiger partial charge in [0.25, 0.3) is 5.91 Å². The number of carbonyl (C=O) groups excluding carboxylic acids is 1. The van der Waals surface area contributed by atoms with Gasteiger partial charge in [0.1, 0.15) is 5.75 Å². The molecule has 0 spiro atoms. The van der Waals surface area contributed by atoms with Crippen molar-refractivity contribution in [2.45, 2.75) is 25.8 Å². The first-order valence-corrected chi connectivity index (χ1v) is 5.82. The van der Waals surface area contributed by atoms with Gasteiger partial charge in [-0.1, -0.05) is 0 Å². The third kappa shape index (κ3) is 2.90. The van der Waals surface area contributed by atoms with Crippen LogP contribution in [0.5, 0.6) is 5.75 Å². The summed E-state index contributed by atoms with van der Waals surface area (Å²) in [5, 5.41) is 0. The van der Waals surface area contributed by atoms with Crippen LogP contribution in [0.2, 0.25) is 0 Å². The molecule has 4 heteroatoms. The summed E-state index contributed by atoms with van der Waals surface area (Å²) in [7, 11) is 1.83. The Hall–Kier alpha value is -1.71. The average Bonchev–Trinajstić information content (AvgIpc) is 3.10. The molecule has 1 aliphatic carbocycles. The number of ether oxygens (including phenoxy) is 1. The SMILES string of the molecule is Cc1cc(N)ccc1OCC(=O)N(C)C1CC1. The van der Waals surface area contributed by atoms with Gasteiger partial charge in [-0.15, -0.1) is 0 Å². The number of benzene rings is 1. The molecule has 1 fully saturated rings. The van der Waals surface area contributed by atoms with E-state index in [1.807, 2.05) is 20.0 Å². The van der Waals surface area contributed by atoms with Crippen molar-refractivity contribution >= 4 is 11.6 Å². The van der Waals surface area contributed by atoms with Crippen LogP contribution < -0.4 is 10.5 Å². The van der Waals surface area contributed by atoms with Crippen molar-refractivity contribution in [3.05, 3.63) is 23.8 Å². The third-order valence-corrected chi connectivity index (χ3v) is 3.04. The summed E-state index contributed by atoms with van der Waals surface area (Å²) in [6.07, 6.45) is 2.23. The van der Waals surface area contributed by atoms with Crippen LogP contribution in [0.3, 0.4) is 0 Å². The molecule has 0 unspecified atom stereocenters. The van der Waals surface area contributed by atoms with E-state index in [1.165, 1.54) is 0 Å². The molecule has 0 radical (unpaired) electrons. The van der Waals surface area contributed by atoms with Crippen LogP contribution >= 0.6 is 0 Å². The minimum absolute atomic E-state index is 0.0312. The molecule has 1 aromatic carbocycles. The standard InChI is InChI=1S/C13H18N2O2/c1-9-7-10(14)3-6-12(9)17-8-13(16)15(2)11-4-5-11/h3,6-7,11H,4-5,8,14H2,1-2H3. The summed E-state index contributed by atoms with van der Waals surface area (Å²) in [6, 6.07) is 5.84. The van der Waals surface area contributed by atoms with Gasteiger partial charge in [-0.05, 0) is 43.5 Å². The van der Waals surface area contributed by atoms with Gasteiger partial charge in [-0.3, -0.25) is 4.79 Å². The molecular formula is C13H18N2O2. The number of hydrogen-bond acceptors (Lipinski definition) is 3. The van der Waals surface area contributed by atoms with Gasteiger partial charge in [-0.25, -0.2) is 0 Å². The molecule has 0 aromatic heterocycles. The van der Waals surface area contributed by atoms with Crippen molar-refractivity contribution in [2.24, 2.45) is 0 Å². The first-order valence-electron chi connectivity index (χ1n) is 5.82. The highest BCUT2D eigenvalue weighted by Crippen LogP contribution is 2.25. The highest BCUT2D eigenvalue weighted by Gasteiger charge is 2.29. The van der Waals surface area contributed by atoms with E-state index in [9.17, 15) is 4.79 Å². The van der Waals surface area contributed by atoms with Crippen molar-refractivity contribution in [1.82, 2.24) is 4.90 Å². The Labute approximate surface area is 101 Å². The molecule has 0 heterocycles. The van der Waals surface area contributed by atoms with E-state index in [-0.39, 0.29) is 12.5 Å². The average molecular weight is 234 g/mol. The van der Waals surface area contributed by atoms with Crippen molar-refractivity contribution in [3.63, 3.8) is 0 Å². The Balaban J connectivity index is 1.90. The van der Waals surface area contributed by atoms with E-state index < -0.39 is 0 Å². The molecule has 0 aliphatic heterocycles. The molecule has 4 nitrogen and oxygen atoms in total. The Kier molecular flexibility index (Phi) is 3.22. The second-order valence-corrected chi connectivity index (χ2v) is 4.55. The maximum Gasteiger partial charge on any atom is 0.260 e. The molecule has 1 amide bonds. The van der Waals surface area contributed by atoms with Gasteiger partial charge in [0.2, 0.25) is 0 Å². The number of nitrogens with zero attached hydrogens (tertiary/aromatic N) is 1. The summed E-state index contributed by atoms with van der Waals surface area (Å²) in [4.78, 5) is 13.5. The molecule has 17 heavy (non-hydrogen) atoms. The molecule has 2 rings (SSSR count). The smallest absolute Gasteiger partial charge is 0.260 e. The van der Waals surface area contributed by atoms with E-state index in [0.29, 0.717) is 11.7 Å². The molecule has 0 bridgehead atoms. The van der Waals surface area contributed by atoms with Crippen LogP contribution in [0, 0.1) is 6.92 Å². The summed E-state index contributed by atoms with van der Waals surface area (Å²) in [6.45, 7) is 2.01. The zero-order valence-corrected chi connectivity index (χ0v) is 10.3. The van der Waals surface area contributed by atoms with Crippen molar-refractivity contribution in [3.8, 4) is 5.75 Å². The van der Waals surface area contributed by atoms with Crippen LogP contribution in [-0.4, -0.2) is 30.5 Å².